The Morgan fingerprint density at radius 2 is 1.68 bits per heavy atom. The number of benzene rings is 1. The first kappa shape index (κ1) is 12.5. The van der Waals surface area contributed by atoms with E-state index in [2.05, 4.69) is 29.6 Å². The summed E-state index contributed by atoms with van der Waals surface area (Å²) in [5, 5.41) is 3.10. The van der Waals surface area contributed by atoms with Gasteiger partial charge < -0.3 is 5.32 Å². The van der Waals surface area contributed by atoms with E-state index in [4.69, 9.17) is 0 Å². The van der Waals surface area contributed by atoms with E-state index in [9.17, 15) is 4.79 Å². The highest BCUT2D eigenvalue weighted by Crippen LogP contribution is 2.52. The molecule has 1 aromatic carbocycles. The van der Waals surface area contributed by atoms with Gasteiger partial charge in [0.25, 0.3) is 0 Å². The van der Waals surface area contributed by atoms with Crippen LogP contribution >= 0.6 is 0 Å². The Bertz CT molecular complexity index is 449. The summed E-state index contributed by atoms with van der Waals surface area (Å²) in [4.78, 5) is 12.2. The quantitative estimate of drug-likeness (QED) is 0.825. The molecule has 2 aliphatic carbocycles. The molecule has 1 aromatic rings. The maximum absolute atomic E-state index is 12.2. The monoisotopic (exact) mass is 255 g/mol. The molecule has 0 bridgehead atoms. The number of fused-ring (bicyclic) bond motifs is 1. The van der Waals surface area contributed by atoms with Crippen molar-refractivity contribution in [3.05, 3.63) is 48.0 Å². The smallest absolute Gasteiger partial charge is 0.223 e. The van der Waals surface area contributed by atoms with Crippen LogP contribution in [-0.2, 0) is 11.3 Å². The third-order valence-corrected chi connectivity index (χ3v) is 4.44. The van der Waals surface area contributed by atoms with Gasteiger partial charge >= 0.3 is 0 Å². The van der Waals surface area contributed by atoms with Gasteiger partial charge in [0, 0.05) is 12.5 Å². The summed E-state index contributed by atoms with van der Waals surface area (Å²) >= 11 is 0. The molecule has 19 heavy (non-hydrogen) atoms. The highest BCUT2D eigenvalue weighted by molar-refractivity contribution is 5.82. The second kappa shape index (κ2) is 5.60. The number of nitrogens with one attached hydrogen (secondary N) is 1. The summed E-state index contributed by atoms with van der Waals surface area (Å²) < 4.78 is 0. The highest BCUT2D eigenvalue weighted by Gasteiger charge is 2.52. The lowest BCUT2D eigenvalue weighted by Gasteiger charge is -2.04. The third-order valence-electron chi connectivity index (χ3n) is 4.44. The lowest BCUT2D eigenvalue weighted by molar-refractivity contribution is -0.123. The molecule has 100 valence electrons. The minimum atomic E-state index is 0.265. The number of carbonyl (C=O) groups is 1. The fraction of sp³-hybridized carbons (Fsp3) is 0.471. The molecule has 3 rings (SSSR count). The van der Waals surface area contributed by atoms with Crippen LogP contribution in [0.15, 0.2) is 42.5 Å². The zero-order valence-electron chi connectivity index (χ0n) is 11.2. The largest absolute Gasteiger partial charge is 0.352 e. The third kappa shape index (κ3) is 2.89. The van der Waals surface area contributed by atoms with E-state index in [1.165, 1.54) is 18.4 Å². The Kier molecular flexibility index (Phi) is 3.67. The average Bonchev–Trinajstić information content (AvgIpc) is 3.08. The number of amides is 1. The Morgan fingerprint density at radius 3 is 2.32 bits per heavy atom. The van der Waals surface area contributed by atoms with Crippen molar-refractivity contribution in [3.8, 4) is 0 Å². The van der Waals surface area contributed by atoms with Crippen molar-refractivity contribution in [2.24, 2.45) is 17.8 Å². The van der Waals surface area contributed by atoms with Crippen LogP contribution in [0.1, 0.15) is 31.2 Å². The predicted octanol–water partition coefficient (Wildman–Crippen LogP) is 3.30. The number of allylic oxidation sites excluding steroid dienone is 2. The minimum absolute atomic E-state index is 0.265. The summed E-state index contributed by atoms with van der Waals surface area (Å²) in [6.45, 7) is 0.661. The van der Waals surface area contributed by atoms with Crippen molar-refractivity contribution in [2.75, 3.05) is 0 Å². The van der Waals surface area contributed by atoms with E-state index in [1.54, 1.807) is 0 Å². The molecule has 2 aliphatic rings. The van der Waals surface area contributed by atoms with Gasteiger partial charge in [-0.3, -0.25) is 4.79 Å². The second-order valence-corrected chi connectivity index (χ2v) is 5.68. The van der Waals surface area contributed by atoms with Crippen LogP contribution in [-0.4, -0.2) is 5.91 Å². The summed E-state index contributed by atoms with van der Waals surface area (Å²) in [5.74, 6) is 1.82. The van der Waals surface area contributed by atoms with Crippen molar-refractivity contribution < 1.29 is 4.79 Å². The molecule has 0 aliphatic heterocycles. The average molecular weight is 255 g/mol. The van der Waals surface area contributed by atoms with Gasteiger partial charge in [-0.1, -0.05) is 42.5 Å². The van der Waals surface area contributed by atoms with Crippen LogP contribution in [0.3, 0.4) is 0 Å². The van der Waals surface area contributed by atoms with Gasteiger partial charge in [-0.05, 0) is 43.1 Å². The van der Waals surface area contributed by atoms with Crippen LogP contribution in [0.2, 0.25) is 0 Å². The molecule has 1 amide bonds. The lowest BCUT2D eigenvalue weighted by Crippen LogP contribution is -2.25. The first-order valence-corrected chi connectivity index (χ1v) is 7.33. The molecule has 0 radical (unpaired) electrons. The van der Waals surface area contributed by atoms with E-state index in [0.717, 1.165) is 12.8 Å². The Hall–Kier alpha value is -1.57. The van der Waals surface area contributed by atoms with Gasteiger partial charge in [-0.15, -0.1) is 0 Å². The SMILES string of the molecule is O=C(NCc1ccccc1)C1[C@@H]2CC/C=C\CC[C@@H]12. The molecule has 1 N–H and O–H groups in total. The Morgan fingerprint density at radius 1 is 1.05 bits per heavy atom. The van der Waals surface area contributed by atoms with Crippen LogP contribution in [0, 0.1) is 17.8 Å². The van der Waals surface area contributed by atoms with E-state index >= 15 is 0 Å². The Balaban J connectivity index is 1.52. The van der Waals surface area contributed by atoms with Crippen LogP contribution < -0.4 is 5.32 Å². The van der Waals surface area contributed by atoms with Gasteiger partial charge in [0.2, 0.25) is 5.91 Å². The van der Waals surface area contributed by atoms with Gasteiger partial charge in [0.15, 0.2) is 0 Å². The zero-order valence-corrected chi connectivity index (χ0v) is 11.2. The molecular formula is C17H21NO. The summed E-state index contributed by atoms with van der Waals surface area (Å²) in [7, 11) is 0. The van der Waals surface area contributed by atoms with Crippen LogP contribution in [0.5, 0.6) is 0 Å². The first-order valence-electron chi connectivity index (χ1n) is 7.33. The van der Waals surface area contributed by atoms with Crippen LogP contribution in [0.4, 0.5) is 0 Å². The molecule has 2 nitrogen and oxygen atoms in total. The number of carbonyl (C=O) groups excluding carboxylic acids is 1. The van der Waals surface area contributed by atoms with Crippen molar-refractivity contribution in [1.82, 2.24) is 5.32 Å². The molecule has 2 heteroatoms. The van der Waals surface area contributed by atoms with Crippen molar-refractivity contribution in [2.45, 2.75) is 32.2 Å². The van der Waals surface area contributed by atoms with Gasteiger partial charge in [-0.2, -0.15) is 0 Å². The van der Waals surface area contributed by atoms with E-state index in [0.29, 0.717) is 18.4 Å². The molecule has 1 fully saturated rings. The van der Waals surface area contributed by atoms with E-state index < -0.39 is 0 Å². The maximum Gasteiger partial charge on any atom is 0.223 e. The molecular weight excluding hydrogens is 234 g/mol. The fourth-order valence-corrected chi connectivity index (χ4v) is 3.34. The molecule has 0 unspecified atom stereocenters. The number of hydrogen-bond acceptors (Lipinski definition) is 1. The normalized spacial score (nSPS) is 30.6. The van der Waals surface area contributed by atoms with Gasteiger partial charge in [0.05, 0.1) is 0 Å². The summed E-state index contributed by atoms with van der Waals surface area (Å²) in [6.07, 6.45) is 9.20. The number of rotatable bonds is 3. The summed E-state index contributed by atoms with van der Waals surface area (Å²) in [5.41, 5.74) is 1.18. The van der Waals surface area contributed by atoms with Crippen molar-refractivity contribution in [1.29, 1.82) is 0 Å². The fourth-order valence-electron chi connectivity index (χ4n) is 3.34. The topological polar surface area (TPSA) is 29.1 Å². The van der Waals surface area contributed by atoms with Gasteiger partial charge in [-0.25, -0.2) is 0 Å². The van der Waals surface area contributed by atoms with E-state index in [-0.39, 0.29) is 11.8 Å². The first-order chi connectivity index (χ1) is 9.36. The lowest BCUT2D eigenvalue weighted by atomic mass is 10.1. The molecule has 0 spiro atoms. The predicted molar refractivity (Wildman–Crippen MR) is 76.4 cm³/mol. The Labute approximate surface area is 114 Å². The zero-order chi connectivity index (χ0) is 13.1. The molecule has 0 saturated heterocycles. The molecule has 2 atom stereocenters. The molecule has 0 aromatic heterocycles. The second-order valence-electron chi connectivity index (χ2n) is 5.68. The summed E-state index contributed by atoms with van der Waals surface area (Å²) in [6, 6.07) is 10.1. The van der Waals surface area contributed by atoms with Crippen LogP contribution in [0.25, 0.3) is 0 Å². The van der Waals surface area contributed by atoms with Crippen molar-refractivity contribution >= 4 is 5.91 Å². The minimum Gasteiger partial charge on any atom is -0.352 e. The maximum atomic E-state index is 12.2. The highest BCUT2D eigenvalue weighted by atomic mass is 16.2. The molecule has 1 saturated carbocycles. The number of hydrogen-bond donors (Lipinski definition) is 1. The molecule has 0 heterocycles. The standard InChI is InChI=1S/C17H21NO/c19-17(18-12-13-8-4-3-5-9-13)16-14-10-6-1-2-7-11-15(14)16/h1-5,8-9,14-16H,6-7,10-12H2,(H,18,19)/b2-1-/t14-,15-/m1/s1. The van der Waals surface area contributed by atoms with Crippen molar-refractivity contribution in [3.63, 3.8) is 0 Å². The van der Waals surface area contributed by atoms with Gasteiger partial charge in [0.1, 0.15) is 0 Å². The van der Waals surface area contributed by atoms with E-state index in [1.807, 2.05) is 18.2 Å².